The van der Waals surface area contributed by atoms with E-state index in [2.05, 4.69) is 5.32 Å². The molecule has 0 spiro atoms. The molecule has 3 heteroatoms. The minimum atomic E-state index is -0.847. The van der Waals surface area contributed by atoms with Crippen molar-refractivity contribution in [1.29, 1.82) is 0 Å². The van der Waals surface area contributed by atoms with Crippen LogP contribution in [0.1, 0.15) is 12.0 Å². The first-order valence-corrected chi connectivity index (χ1v) is 5.45. The van der Waals surface area contributed by atoms with Crippen LogP contribution in [-0.2, 0) is 4.79 Å². The molecule has 2 N–H and O–H groups in total. The zero-order valence-corrected chi connectivity index (χ0v) is 8.97. The molecule has 2 atom stereocenters. The number of aliphatic hydroxyl groups is 1. The van der Waals surface area contributed by atoms with Crippen molar-refractivity contribution < 1.29 is 9.90 Å². The van der Waals surface area contributed by atoms with Gasteiger partial charge in [-0.2, -0.15) is 0 Å². The number of nitrogens with one attached hydrogen (secondary N) is 1. The van der Waals surface area contributed by atoms with E-state index in [1.165, 1.54) is 0 Å². The van der Waals surface area contributed by atoms with Crippen molar-refractivity contribution in [3.05, 3.63) is 42.0 Å². The van der Waals surface area contributed by atoms with E-state index in [-0.39, 0.29) is 11.8 Å². The topological polar surface area (TPSA) is 49.3 Å². The lowest BCUT2D eigenvalue weighted by Crippen LogP contribution is -2.24. The van der Waals surface area contributed by atoms with Gasteiger partial charge in [-0.15, -0.1) is 0 Å². The Morgan fingerprint density at radius 3 is 2.75 bits per heavy atom. The Balaban J connectivity index is 1.88. The van der Waals surface area contributed by atoms with E-state index in [1.807, 2.05) is 42.5 Å². The van der Waals surface area contributed by atoms with E-state index in [4.69, 9.17) is 0 Å². The minimum Gasteiger partial charge on any atom is -0.383 e. The normalized spacial score (nSPS) is 24.9. The lowest BCUT2D eigenvalue weighted by Gasteiger charge is -2.07. The Bertz CT molecular complexity index is 386. The molecule has 84 valence electrons. The molecule has 0 radical (unpaired) electrons. The van der Waals surface area contributed by atoms with Gasteiger partial charge in [0.25, 0.3) is 0 Å². The summed E-state index contributed by atoms with van der Waals surface area (Å²) in [5.74, 6) is -0.245. The highest BCUT2D eigenvalue weighted by Crippen LogP contribution is 2.15. The van der Waals surface area contributed by atoms with Crippen molar-refractivity contribution >= 4 is 12.0 Å². The average molecular weight is 217 g/mol. The van der Waals surface area contributed by atoms with Crippen LogP contribution in [0.2, 0.25) is 0 Å². The fourth-order valence-corrected chi connectivity index (χ4v) is 1.82. The number of benzene rings is 1. The highest BCUT2D eigenvalue weighted by molar-refractivity contribution is 5.83. The lowest BCUT2D eigenvalue weighted by atomic mass is 10.0. The van der Waals surface area contributed by atoms with E-state index in [9.17, 15) is 9.90 Å². The largest absolute Gasteiger partial charge is 0.383 e. The molecule has 0 bridgehead atoms. The van der Waals surface area contributed by atoms with Crippen LogP contribution in [0.15, 0.2) is 36.4 Å². The summed E-state index contributed by atoms with van der Waals surface area (Å²) in [6.07, 6.45) is 3.88. The van der Waals surface area contributed by atoms with E-state index >= 15 is 0 Å². The van der Waals surface area contributed by atoms with E-state index in [0.29, 0.717) is 6.54 Å². The van der Waals surface area contributed by atoms with Gasteiger partial charge in [-0.1, -0.05) is 42.5 Å². The van der Waals surface area contributed by atoms with Crippen molar-refractivity contribution in [2.24, 2.45) is 5.92 Å². The van der Waals surface area contributed by atoms with E-state index < -0.39 is 6.10 Å². The molecule has 1 aliphatic heterocycles. The first kappa shape index (κ1) is 10.9. The monoisotopic (exact) mass is 217 g/mol. The first-order valence-electron chi connectivity index (χ1n) is 5.45. The number of carbonyl (C=O) groups excluding carboxylic acids is 1. The third kappa shape index (κ3) is 2.49. The molecule has 1 heterocycles. The zero-order valence-electron chi connectivity index (χ0n) is 8.97. The molecule has 1 saturated heterocycles. The van der Waals surface area contributed by atoms with E-state index in [1.54, 1.807) is 0 Å². The van der Waals surface area contributed by atoms with Crippen LogP contribution < -0.4 is 5.32 Å². The lowest BCUT2D eigenvalue weighted by molar-refractivity contribution is -0.127. The van der Waals surface area contributed by atoms with Gasteiger partial charge < -0.3 is 10.4 Å². The summed E-state index contributed by atoms with van der Waals surface area (Å²) in [5, 5.41) is 12.2. The minimum absolute atomic E-state index is 0.00691. The Morgan fingerprint density at radius 1 is 1.38 bits per heavy atom. The quantitative estimate of drug-likeness (QED) is 0.799. The number of hydrogen-bond donors (Lipinski definition) is 2. The third-order valence-corrected chi connectivity index (χ3v) is 2.80. The number of rotatable bonds is 3. The molecule has 3 nitrogen and oxygen atoms in total. The zero-order chi connectivity index (χ0) is 11.4. The van der Waals surface area contributed by atoms with Crippen LogP contribution in [0, 0.1) is 5.92 Å². The van der Waals surface area contributed by atoms with Crippen LogP contribution in [-0.4, -0.2) is 23.7 Å². The number of amides is 1. The van der Waals surface area contributed by atoms with Gasteiger partial charge in [0.2, 0.25) is 5.91 Å². The molecule has 1 amide bonds. The van der Waals surface area contributed by atoms with Crippen LogP contribution in [0.5, 0.6) is 0 Å². The molecular formula is C13H15NO2. The molecule has 1 aromatic rings. The SMILES string of the molecule is O=C1NCC(C/C=C/c2ccccc2)C1O. The van der Waals surface area contributed by atoms with Crippen LogP contribution in [0.3, 0.4) is 0 Å². The predicted molar refractivity (Wildman–Crippen MR) is 62.6 cm³/mol. The summed E-state index contributed by atoms with van der Waals surface area (Å²) in [6, 6.07) is 9.97. The first-order chi connectivity index (χ1) is 7.77. The van der Waals surface area contributed by atoms with Gasteiger partial charge in [0, 0.05) is 12.5 Å². The Kier molecular flexibility index (Phi) is 3.37. The highest BCUT2D eigenvalue weighted by Gasteiger charge is 2.31. The summed E-state index contributed by atoms with van der Waals surface area (Å²) in [5.41, 5.74) is 1.13. The molecule has 2 rings (SSSR count). The molecule has 0 aromatic heterocycles. The Hall–Kier alpha value is -1.61. The van der Waals surface area contributed by atoms with Crippen molar-refractivity contribution in [2.75, 3.05) is 6.54 Å². The molecule has 1 fully saturated rings. The summed E-state index contributed by atoms with van der Waals surface area (Å²) in [4.78, 5) is 11.0. The van der Waals surface area contributed by atoms with Gasteiger partial charge in [0.1, 0.15) is 6.10 Å². The average Bonchev–Trinajstić information content (AvgIpc) is 2.62. The molecule has 1 aliphatic rings. The van der Waals surface area contributed by atoms with Gasteiger partial charge in [-0.3, -0.25) is 4.79 Å². The smallest absolute Gasteiger partial charge is 0.249 e. The van der Waals surface area contributed by atoms with Gasteiger partial charge >= 0.3 is 0 Å². The van der Waals surface area contributed by atoms with Gasteiger partial charge in [0.05, 0.1) is 0 Å². The summed E-state index contributed by atoms with van der Waals surface area (Å²) < 4.78 is 0. The van der Waals surface area contributed by atoms with Gasteiger partial charge in [-0.05, 0) is 12.0 Å². The number of hydrogen-bond acceptors (Lipinski definition) is 2. The number of aliphatic hydroxyl groups excluding tert-OH is 1. The van der Waals surface area contributed by atoms with E-state index in [0.717, 1.165) is 12.0 Å². The fourth-order valence-electron chi connectivity index (χ4n) is 1.82. The highest BCUT2D eigenvalue weighted by atomic mass is 16.3. The second kappa shape index (κ2) is 4.94. The van der Waals surface area contributed by atoms with Gasteiger partial charge in [0.15, 0.2) is 0 Å². The molecule has 0 aliphatic carbocycles. The molecule has 2 unspecified atom stereocenters. The maximum absolute atomic E-state index is 11.0. The summed E-state index contributed by atoms with van der Waals surface area (Å²) >= 11 is 0. The number of allylic oxidation sites excluding steroid dienone is 1. The molecule has 0 saturated carbocycles. The van der Waals surface area contributed by atoms with Crippen molar-refractivity contribution in [3.8, 4) is 0 Å². The van der Waals surface area contributed by atoms with Crippen LogP contribution in [0.25, 0.3) is 6.08 Å². The fraction of sp³-hybridized carbons (Fsp3) is 0.308. The van der Waals surface area contributed by atoms with Crippen molar-refractivity contribution in [3.63, 3.8) is 0 Å². The second-order valence-electron chi connectivity index (χ2n) is 4.00. The maximum atomic E-state index is 11.0. The number of carbonyl (C=O) groups is 1. The summed E-state index contributed by atoms with van der Waals surface area (Å²) in [7, 11) is 0. The van der Waals surface area contributed by atoms with Crippen LogP contribution in [0.4, 0.5) is 0 Å². The Labute approximate surface area is 94.8 Å². The third-order valence-electron chi connectivity index (χ3n) is 2.80. The van der Waals surface area contributed by atoms with Crippen molar-refractivity contribution in [2.45, 2.75) is 12.5 Å². The van der Waals surface area contributed by atoms with Gasteiger partial charge in [-0.25, -0.2) is 0 Å². The second-order valence-corrected chi connectivity index (χ2v) is 4.00. The predicted octanol–water partition coefficient (Wildman–Crippen LogP) is 1.20. The van der Waals surface area contributed by atoms with Crippen LogP contribution >= 0.6 is 0 Å². The molecule has 1 aromatic carbocycles. The Morgan fingerprint density at radius 2 is 2.12 bits per heavy atom. The molecule has 16 heavy (non-hydrogen) atoms. The maximum Gasteiger partial charge on any atom is 0.249 e. The summed E-state index contributed by atoms with van der Waals surface area (Å²) in [6.45, 7) is 0.569. The van der Waals surface area contributed by atoms with Crippen molar-refractivity contribution in [1.82, 2.24) is 5.32 Å². The standard InChI is InChI=1S/C13H15NO2/c15-12-11(9-14-13(12)16)8-4-7-10-5-2-1-3-6-10/h1-7,11-12,15H,8-9H2,(H,14,16)/b7-4+. The molecular weight excluding hydrogens is 202 g/mol.